The van der Waals surface area contributed by atoms with Gasteiger partial charge in [0.15, 0.2) is 5.65 Å². The highest BCUT2D eigenvalue weighted by atomic mass is 15.2. The number of imidazole rings is 1. The SMILES string of the molecule is Cc1ccccc1Cn1c(N)nc2cccnc21. The molecule has 0 bridgehead atoms. The van der Waals surface area contributed by atoms with Gasteiger partial charge in [-0.15, -0.1) is 0 Å². The van der Waals surface area contributed by atoms with Crippen molar-refractivity contribution >= 4 is 17.1 Å². The minimum absolute atomic E-state index is 0.506. The van der Waals surface area contributed by atoms with Crippen LogP contribution in [0.1, 0.15) is 11.1 Å². The minimum atomic E-state index is 0.506. The fourth-order valence-corrected chi connectivity index (χ4v) is 2.09. The number of hydrogen-bond acceptors (Lipinski definition) is 3. The molecule has 0 unspecified atom stereocenters. The van der Waals surface area contributed by atoms with Gasteiger partial charge in [0.2, 0.25) is 5.95 Å². The molecule has 4 nitrogen and oxygen atoms in total. The van der Waals surface area contributed by atoms with Gasteiger partial charge in [-0.3, -0.25) is 4.57 Å². The van der Waals surface area contributed by atoms with Crippen LogP contribution in [0.15, 0.2) is 42.6 Å². The Labute approximate surface area is 105 Å². The van der Waals surface area contributed by atoms with Gasteiger partial charge >= 0.3 is 0 Å². The number of nitrogens with zero attached hydrogens (tertiary/aromatic N) is 3. The van der Waals surface area contributed by atoms with Crippen molar-refractivity contribution in [2.45, 2.75) is 13.5 Å². The van der Waals surface area contributed by atoms with Gasteiger partial charge in [-0.1, -0.05) is 24.3 Å². The Morgan fingerprint density at radius 1 is 1.17 bits per heavy atom. The second kappa shape index (κ2) is 4.14. The van der Waals surface area contributed by atoms with Crippen molar-refractivity contribution in [1.29, 1.82) is 0 Å². The number of fused-ring (bicyclic) bond motifs is 1. The Kier molecular flexibility index (Phi) is 2.48. The lowest BCUT2D eigenvalue weighted by Gasteiger charge is -2.08. The molecule has 2 N–H and O–H groups in total. The van der Waals surface area contributed by atoms with Crippen molar-refractivity contribution in [3.63, 3.8) is 0 Å². The fourth-order valence-electron chi connectivity index (χ4n) is 2.09. The predicted molar refractivity (Wildman–Crippen MR) is 72.2 cm³/mol. The largest absolute Gasteiger partial charge is 0.369 e. The van der Waals surface area contributed by atoms with E-state index in [0.29, 0.717) is 12.5 Å². The molecule has 0 radical (unpaired) electrons. The van der Waals surface area contributed by atoms with Crippen molar-refractivity contribution in [3.8, 4) is 0 Å². The zero-order valence-electron chi connectivity index (χ0n) is 10.2. The molecule has 3 aromatic rings. The zero-order valence-corrected chi connectivity index (χ0v) is 10.2. The monoisotopic (exact) mass is 238 g/mol. The highest BCUT2D eigenvalue weighted by Gasteiger charge is 2.09. The molecule has 0 saturated carbocycles. The first-order valence-electron chi connectivity index (χ1n) is 5.87. The highest BCUT2D eigenvalue weighted by molar-refractivity contribution is 5.73. The van der Waals surface area contributed by atoms with Crippen molar-refractivity contribution in [2.24, 2.45) is 0 Å². The molecule has 0 aliphatic heterocycles. The van der Waals surface area contributed by atoms with Crippen LogP contribution in [-0.2, 0) is 6.54 Å². The van der Waals surface area contributed by atoms with E-state index in [1.54, 1.807) is 6.20 Å². The third-order valence-corrected chi connectivity index (χ3v) is 3.12. The van der Waals surface area contributed by atoms with Gasteiger partial charge in [0.1, 0.15) is 5.52 Å². The van der Waals surface area contributed by atoms with Crippen molar-refractivity contribution in [2.75, 3.05) is 5.73 Å². The third kappa shape index (κ3) is 1.72. The first kappa shape index (κ1) is 10.8. The van der Waals surface area contributed by atoms with E-state index >= 15 is 0 Å². The summed E-state index contributed by atoms with van der Waals surface area (Å²) < 4.78 is 1.94. The molecular formula is C14H14N4. The summed E-state index contributed by atoms with van der Waals surface area (Å²) in [5.74, 6) is 0.506. The van der Waals surface area contributed by atoms with Crippen LogP contribution in [0.25, 0.3) is 11.2 Å². The maximum Gasteiger partial charge on any atom is 0.202 e. The van der Waals surface area contributed by atoms with Crippen LogP contribution >= 0.6 is 0 Å². The molecule has 0 fully saturated rings. The van der Waals surface area contributed by atoms with E-state index in [-0.39, 0.29) is 0 Å². The first-order valence-corrected chi connectivity index (χ1v) is 5.87. The number of pyridine rings is 1. The third-order valence-electron chi connectivity index (χ3n) is 3.12. The van der Waals surface area contributed by atoms with Gasteiger partial charge < -0.3 is 5.73 Å². The lowest BCUT2D eigenvalue weighted by Crippen LogP contribution is -2.06. The van der Waals surface area contributed by atoms with E-state index in [9.17, 15) is 0 Å². The molecule has 0 aliphatic carbocycles. The molecule has 90 valence electrons. The van der Waals surface area contributed by atoms with Gasteiger partial charge in [0.25, 0.3) is 0 Å². The molecule has 3 rings (SSSR count). The second-order valence-corrected chi connectivity index (χ2v) is 4.33. The van der Waals surface area contributed by atoms with E-state index < -0.39 is 0 Å². The Hall–Kier alpha value is -2.36. The van der Waals surface area contributed by atoms with Crippen LogP contribution in [-0.4, -0.2) is 14.5 Å². The van der Waals surface area contributed by atoms with Gasteiger partial charge in [0, 0.05) is 6.20 Å². The van der Waals surface area contributed by atoms with Crippen LogP contribution in [0.3, 0.4) is 0 Å². The molecule has 4 heteroatoms. The molecule has 0 aliphatic rings. The predicted octanol–water partition coefficient (Wildman–Crippen LogP) is 2.37. The normalized spacial score (nSPS) is 10.9. The lowest BCUT2D eigenvalue weighted by atomic mass is 10.1. The number of anilines is 1. The molecule has 0 amide bonds. The summed E-state index contributed by atoms with van der Waals surface area (Å²) in [5.41, 5.74) is 10.1. The van der Waals surface area contributed by atoms with E-state index in [1.807, 2.05) is 28.8 Å². The number of rotatable bonds is 2. The van der Waals surface area contributed by atoms with Crippen molar-refractivity contribution in [3.05, 3.63) is 53.7 Å². The summed E-state index contributed by atoms with van der Waals surface area (Å²) >= 11 is 0. The lowest BCUT2D eigenvalue weighted by molar-refractivity contribution is 0.822. The Bertz CT molecular complexity index is 700. The minimum Gasteiger partial charge on any atom is -0.369 e. The number of benzene rings is 1. The first-order chi connectivity index (χ1) is 8.75. The van der Waals surface area contributed by atoms with Crippen LogP contribution in [0.2, 0.25) is 0 Å². The highest BCUT2D eigenvalue weighted by Crippen LogP contribution is 2.18. The van der Waals surface area contributed by atoms with Crippen LogP contribution < -0.4 is 5.73 Å². The number of aromatic nitrogens is 3. The maximum atomic E-state index is 5.96. The van der Waals surface area contributed by atoms with E-state index in [2.05, 4.69) is 29.0 Å². The average molecular weight is 238 g/mol. The van der Waals surface area contributed by atoms with Gasteiger partial charge in [-0.25, -0.2) is 9.97 Å². The van der Waals surface area contributed by atoms with Gasteiger partial charge in [0.05, 0.1) is 6.54 Å². The summed E-state index contributed by atoms with van der Waals surface area (Å²) in [6, 6.07) is 12.1. The standard InChI is InChI=1S/C14H14N4/c1-10-5-2-3-6-11(10)9-18-13-12(17-14(18)15)7-4-8-16-13/h2-8H,9H2,1H3,(H2,15,17). The number of nitrogens with two attached hydrogens (primary N) is 1. The fraction of sp³-hybridized carbons (Fsp3) is 0.143. The number of nitrogen functional groups attached to an aromatic ring is 1. The molecule has 2 aromatic heterocycles. The van der Waals surface area contributed by atoms with Crippen LogP contribution in [0.5, 0.6) is 0 Å². The Morgan fingerprint density at radius 2 is 2.00 bits per heavy atom. The smallest absolute Gasteiger partial charge is 0.202 e. The summed E-state index contributed by atoms with van der Waals surface area (Å²) in [5, 5.41) is 0. The molecule has 18 heavy (non-hydrogen) atoms. The topological polar surface area (TPSA) is 56.7 Å². The molecule has 0 atom stereocenters. The van der Waals surface area contributed by atoms with Gasteiger partial charge in [-0.2, -0.15) is 0 Å². The summed E-state index contributed by atoms with van der Waals surface area (Å²) in [6.45, 7) is 2.80. The maximum absolute atomic E-state index is 5.96. The molecule has 1 aromatic carbocycles. The summed E-state index contributed by atoms with van der Waals surface area (Å²) in [4.78, 5) is 8.67. The van der Waals surface area contributed by atoms with Crippen LogP contribution in [0, 0.1) is 6.92 Å². The number of aryl methyl sites for hydroxylation is 1. The van der Waals surface area contributed by atoms with E-state index in [4.69, 9.17) is 5.73 Å². The van der Waals surface area contributed by atoms with E-state index in [1.165, 1.54) is 11.1 Å². The molecule has 0 spiro atoms. The summed E-state index contributed by atoms with van der Waals surface area (Å²) in [7, 11) is 0. The van der Waals surface area contributed by atoms with E-state index in [0.717, 1.165) is 11.2 Å². The van der Waals surface area contributed by atoms with Crippen molar-refractivity contribution < 1.29 is 0 Å². The van der Waals surface area contributed by atoms with Gasteiger partial charge in [-0.05, 0) is 30.2 Å². The average Bonchev–Trinajstić information content (AvgIpc) is 2.69. The second-order valence-electron chi connectivity index (χ2n) is 4.33. The molecule has 2 heterocycles. The number of hydrogen-bond donors (Lipinski definition) is 1. The zero-order chi connectivity index (χ0) is 12.5. The Morgan fingerprint density at radius 3 is 2.83 bits per heavy atom. The Balaban J connectivity index is 2.10. The van der Waals surface area contributed by atoms with Crippen molar-refractivity contribution in [1.82, 2.24) is 14.5 Å². The van der Waals surface area contributed by atoms with Crippen LogP contribution in [0.4, 0.5) is 5.95 Å². The molecule has 0 saturated heterocycles. The molecular weight excluding hydrogens is 224 g/mol. The quantitative estimate of drug-likeness (QED) is 0.745. The summed E-state index contributed by atoms with van der Waals surface area (Å²) in [6.07, 6.45) is 1.76.